The average molecular weight is 374 g/mol. The van der Waals surface area contributed by atoms with Crippen molar-refractivity contribution in [3.05, 3.63) is 31.9 Å². The molecule has 1 fully saturated rings. The Morgan fingerprint density at radius 3 is 2.79 bits per heavy atom. The molecule has 0 aromatic heterocycles. The highest BCUT2D eigenvalue weighted by Crippen LogP contribution is 2.37. The number of nitrogens with zero attached hydrogens (tertiary/aromatic N) is 1. The molecule has 0 bridgehead atoms. The van der Waals surface area contributed by atoms with Crippen LogP contribution in [-0.4, -0.2) is 11.0 Å². The molecule has 0 amide bonds. The van der Waals surface area contributed by atoms with Crippen LogP contribution in [0.5, 0.6) is 0 Å². The van der Waals surface area contributed by atoms with Gasteiger partial charge in [0, 0.05) is 27.4 Å². The Hall–Kier alpha value is -0.850. The molecule has 1 atom stereocenters. The van der Waals surface area contributed by atoms with Crippen molar-refractivity contribution in [2.24, 2.45) is 5.41 Å². The SMILES string of the molecule is CC1(C)CCCC(Nc2ccc([N+](=O)[O-])cc2I)C1. The Kier molecular flexibility index (Phi) is 4.32. The molecule has 1 N–H and O–H groups in total. The van der Waals surface area contributed by atoms with Crippen molar-refractivity contribution in [2.45, 2.75) is 45.6 Å². The molecular weight excluding hydrogens is 355 g/mol. The summed E-state index contributed by atoms with van der Waals surface area (Å²) in [6.45, 7) is 4.61. The molecule has 104 valence electrons. The summed E-state index contributed by atoms with van der Waals surface area (Å²) in [4.78, 5) is 10.4. The number of halogens is 1. The quantitative estimate of drug-likeness (QED) is 0.479. The topological polar surface area (TPSA) is 55.2 Å². The zero-order valence-electron chi connectivity index (χ0n) is 11.3. The summed E-state index contributed by atoms with van der Waals surface area (Å²) < 4.78 is 0.912. The van der Waals surface area contributed by atoms with E-state index < -0.39 is 0 Å². The minimum Gasteiger partial charge on any atom is -0.381 e. The minimum atomic E-state index is -0.352. The lowest BCUT2D eigenvalue weighted by atomic mass is 9.75. The van der Waals surface area contributed by atoms with Gasteiger partial charge in [0.2, 0.25) is 0 Å². The number of anilines is 1. The smallest absolute Gasteiger partial charge is 0.270 e. The summed E-state index contributed by atoms with van der Waals surface area (Å²) in [6.07, 6.45) is 4.85. The highest BCUT2D eigenvalue weighted by atomic mass is 127. The molecule has 0 heterocycles. The van der Waals surface area contributed by atoms with Crippen LogP contribution in [-0.2, 0) is 0 Å². The lowest BCUT2D eigenvalue weighted by molar-refractivity contribution is -0.384. The fourth-order valence-corrected chi connectivity index (χ4v) is 3.43. The molecule has 19 heavy (non-hydrogen) atoms. The zero-order valence-corrected chi connectivity index (χ0v) is 13.4. The maximum atomic E-state index is 10.7. The van der Waals surface area contributed by atoms with E-state index in [0.717, 1.165) is 15.7 Å². The third kappa shape index (κ3) is 3.81. The summed E-state index contributed by atoms with van der Waals surface area (Å²) in [5.74, 6) is 0. The largest absolute Gasteiger partial charge is 0.381 e. The van der Waals surface area contributed by atoms with Crippen molar-refractivity contribution >= 4 is 34.0 Å². The number of non-ortho nitro benzene ring substituents is 1. The minimum absolute atomic E-state index is 0.152. The van der Waals surface area contributed by atoms with Gasteiger partial charge in [0.15, 0.2) is 0 Å². The summed E-state index contributed by atoms with van der Waals surface area (Å²) in [6, 6.07) is 5.48. The normalized spacial score (nSPS) is 21.9. The van der Waals surface area contributed by atoms with E-state index in [0.29, 0.717) is 11.5 Å². The van der Waals surface area contributed by atoms with Crippen LogP contribution < -0.4 is 5.32 Å². The van der Waals surface area contributed by atoms with Gasteiger partial charge in [-0.3, -0.25) is 10.1 Å². The number of benzene rings is 1. The van der Waals surface area contributed by atoms with Crippen LogP contribution in [0.25, 0.3) is 0 Å². The fourth-order valence-electron chi connectivity index (χ4n) is 2.78. The maximum absolute atomic E-state index is 10.7. The second-order valence-corrected chi connectivity index (χ2v) is 7.19. The van der Waals surface area contributed by atoms with E-state index in [1.54, 1.807) is 12.1 Å². The van der Waals surface area contributed by atoms with Gasteiger partial charge in [-0.1, -0.05) is 20.3 Å². The molecule has 2 rings (SSSR count). The van der Waals surface area contributed by atoms with Crippen LogP contribution in [0.2, 0.25) is 0 Å². The first kappa shape index (κ1) is 14.6. The van der Waals surface area contributed by atoms with Gasteiger partial charge in [-0.25, -0.2) is 0 Å². The highest BCUT2D eigenvalue weighted by molar-refractivity contribution is 14.1. The molecule has 1 aliphatic rings. The molecule has 4 nitrogen and oxygen atoms in total. The molecule has 1 unspecified atom stereocenters. The number of rotatable bonds is 3. The number of nitro groups is 1. The van der Waals surface area contributed by atoms with E-state index in [1.807, 2.05) is 6.07 Å². The predicted molar refractivity (Wildman–Crippen MR) is 85.5 cm³/mol. The zero-order chi connectivity index (χ0) is 14.0. The Morgan fingerprint density at radius 2 is 2.21 bits per heavy atom. The molecule has 1 aromatic carbocycles. The van der Waals surface area contributed by atoms with Crippen LogP contribution in [0.1, 0.15) is 39.5 Å². The van der Waals surface area contributed by atoms with Gasteiger partial charge >= 0.3 is 0 Å². The Labute approximate surface area is 127 Å². The van der Waals surface area contributed by atoms with E-state index >= 15 is 0 Å². The van der Waals surface area contributed by atoms with Crippen LogP contribution >= 0.6 is 22.6 Å². The molecule has 0 radical (unpaired) electrons. The average Bonchev–Trinajstić information content (AvgIpc) is 2.30. The van der Waals surface area contributed by atoms with Crippen LogP contribution in [0.4, 0.5) is 11.4 Å². The molecule has 0 saturated heterocycles. The van der Waals surface area contributed by atoms with E-state index in [-0.39, 0.29) is 10.6 Å². The van der Waals surface area contributed by atoms with Gasteiger partial charge in [-0.2, -0.15) is 0 Å². The summed E-state index contributed by atoms with van der Waals surface area (Å²) in [5, 5.41) is 14.3. The lowest BCUT2D eigenvalue weighted by Crippen LogP contribution is -2.31. The molecule has 5 heteroatoms. The first-order chi connectivity index (χ1) is 8.87. The molecule has 1 aromatic rings. The third-order valence-electron chi connectivity index (χ3n) is 3.73. The fraction of sp³-hybridized carbons (Fsp3) is 0.571. The molecular formula is C14H19IN2O2. The van der Waals surface area contributed by atoms with Crippen molar-refractivity contribution in [1.29, 1.82) is 0 Å². The van der Waals surface area contributed by atoms with Crippen LogP contribution in [0.3, 0.4) is 0 Å². The lowest BCUT2D eigenvalue weighted by Gasteiger charge is -2.36. The Balaban J connectivity index is 2.09. The third-order valence-corrected chi connectivity index (χ3v) is 4.62. The van der Waals surface area contributed by atoms with E-state index in [9.17, 15) is 10.1 Å². The van der Waals surface area contributed by atoms with E-state index in [4.69, 9.17) is 0 Å². The molecule has 1 saturated carbocycles. The van der Waals surface area contributed by atoms with Crippen molar-refractivity contribution in [1.82, 2.24) is 0 Å². The van der Waals surface area contributed by atoms with Gasteiger partial charge in [0.1, 0.15) is 0 Å². The summed E-state index contributed by atoms with van der Waals surface area (Å²) in [5.41, 5.74) is 1.55. The van der Waals surface area contributed by atoms with Crippen molar-refractivity contribution in [2.75, 3.05) is 5.32 Å². The Morgan fingerprint density at radius 1 is 1.47 bits per heavy atom. The number of hydrogen-bond donors (Lipinski definition) is 1. The molecule has 0 spiro atoms. The van der Waals surface area contributed by atoms with Gasteiger partial charge in [-0.15, -0.1) is 0 Å². The van der Waals surface area contributed by atoms with Crippen molar-refractivity contribution < 1.29 is 4.92 Å². The first-order valence-corrected chi connectivity index (χ1v) is 7.66. The van der Waals surface area contributed by atoms with Gasteiger partial charge in [-0.05, 0) is 53.3 Å². The second-order valence-electron chi connectivity index (χ2n) is 6.02. The standard InChI is InChI=1S/C14H19IN2O2/c1-14(2)7-3-4-10(9-14)16-13-6-5-11(17(18)19)8-12(13)15/h5-6,8,10,16H,3-4,7,9H2,1-2H3. The first-order valence-electron chi connectivity index (χ1n) is 6.58. The highest BCUT2D eigenvalue weighted by Gasteiger charge is 2.28. The van der Waals surface area contributed by atoms with Crippen molar-refractivity contribution in [3.8, 4) is 0 Å². The van der Waals surface area contributed by atoms with Crippen molar-refractivity contribution in [3.63, 3.8) is 0 Å². The van der Waals surface area contributed by atoms with Crippen LogP contribution in [0.15, 0.2) is 18.2 Å². The number of nitrogens with one attached hydrogen (secondary N) is 1. The maximum Gasteiger partial charge on any atom is 0.270 e. The van der Waals surface area contributed by atoms with Gasteiger partial charge in [0.05, 0.1) is 4.92 Å². The van der Waals surface area contributed by atoms with E-state index in [2.05, 4.69) is 41.8 Å². The van der Waals surface area contributed by atoms with Gasteiger partial charge < -0.3 is 5.32 Å². The molecule has 0 aliphatic heterocycles. The van der Waals surface area contributed by atoms with E-state index in [1.165, 1.54) is 19.3 Å². The summed E-state index contributed by atoms with van der Waals surface area (Å²) >= 11 is 2.16. The number of hydrogen-bond acceptors (Lipinski definition) is 3. The number of nitro benzene ring substituents is 1. The monoisotopic (exact) mass is 374 g/mol. The summed E-state index contributed by atoms with van der Waals surface area (Å²) in [7, 11) is 0. The Bertz CT molecular complexity index is 488. The predicted octanol–water partition coefficient (Wildman–Crippen LogP) is 4.58. The molecule has 1 aliphatic carbocycles. The van der Waals surface area contributed by atoms with Gasteiger partial charge in [0.25, 0.3) is 5.69 Å². The van der Waals surface area contributed by atoms with Crippen LogP contribution in [0, 0.1) is 19.1 Å². The second kappa shape index (κ2) is 5.64.